The molecule has 2 rings (SSSR count). The van der Waals surface area contributed by atoms with Gasteiger partial charge in [0.25, 0.3) is 0 Å². The van der Waals surface area contributed by atoms with Gasteiger partial charge < -0.3 is 10.1 Å². The lowest BCUT2D eigenvalue weighted by atomic mass is 9.79. The quantitative estimate of drug-likeness (QED) is 0.705. The number of hydrogen-bond donors (Lipinski definition) is 1. The Balaban J connectivity index is 1.95. The molecule has 0 heterocycles. The van der Waals surface area contributed by atoms with E-state index in [1.165, 1.54) is 37.7 Å². The minimum Gasteiger partial charge on any atom is -0.494 e. The molecule has 1 aromatic carbocycles. The van der Waals surface area contributed by atoms with Crippen LogP contribution >= 0.6 is 0 Å². The van der Waals surface area contributed by atoms with E-state index in [1.807, 2.05) is 0 Å². The van der Waals surface area contributed by atoms with Gasteiger partial charge in [-0.1, -0.05) is 45.2 Å². The Morgan fingerprint density at radius 1 is 1.15 bits per heavy atom. The fourth-order valence-corrected chi connectivity index (χ4v) is 2.73. The van der Waals surface area contributed by atoms with E-state index in [0.717, 1.165) is 31.2 Å². The molecule has 0 amide bonds. The Hall–Kier alpha value is -1.02. The molecule has 0 bridgehead atoms. The standard InChI is InChI=1S/C18H29NO/c1-3-12-19-18(14-15-6-5-7-15)16-8-10-17(11-9-16)20-13-4-2/h8-11,15,18-19H,3-7,12-14H2,1-2H3. The maximum atomic E-state index is 5.66. The smallest absolute Gasteiger partial charge is 0.119 e. The highest BCUT2D eigenvalue weighted by Crippen LogP contribution is 2.35. The van der Waals surface area contributed by atoms with Gasteiger partial charge in [-0.2, -0.15) is 0 Å². The van der Waals surface area contributed by atoms with Gasteiger partial charge >= 0.3 is 0 Å². The van der Waals surface area contributed by atoms with E-state index < -0.39 is 0 Å². The van der Waals surface area contributed by atoms with Gasteiger partial charge in [-0.15, -0.1) is 0 Å². The summed E-state index contributed by atoms with van der Waals surface area (Å²) in [7, 11) is 0. The van der Waals surface area contributed by atoms with E-state index in [-0.39, 0.29) is 0 Å². The molecule has 112 valence electrons. The molecule has 1 aromatic rings. The highest BCUT2D eigenvalue weighted by atomic mass is 16.5. The molecular weight excluding hydrogens is 246 g/mol. The van der Waals surface area contributed by atoms with Crippen molar-refractivity contribution in [3.05, 3.63) is 29.8 Å². The monoisotopic (exact) mass is 275 g/mol. The van der Waals surface area contributed by atoms with Crippen molar-refractivity contribution in [2.24, 2.45) is 5.92 Å². The van der Waals surface area contributed by atoms with Crippen LogP contribution in [0.25, 0.3) is 0 Å². The predicted molar refractivity (Wildman–Crippen MR) is 85.2 cm³/mol. The molecule has 0 spiro atoms. The summed E-state index contributed by atoms with van der Waals surface area (Å²) in [6.45, 7) is 6.27. The Morgan fingerprint density at radius 3 is 2.45 bits per heavy atom. The van der Waals surface area contributed by atoms with Crippen molar-refractivity contribution >= 4 is 0 Å². The van der Waals surface area contributed by atoms with Crippen LogP contribution in [-0.4, -0.2) is 13.2 Å². The highest BCUT2D eigenvalue weighted by Gasteiger charge is 2.22. The zero-order chi connectivity index (χ0) is 14.2. The zero-order valence-electron chi connectivity index (χ0n) is 13.0. The number of benzene rings is 1. The molecule has 0 aliphatic heterocycles. The Labute approximate surface area is 123 Å². The number of rotatable bonds is 9. The lowest BCUT2D eigenvalue weighted by Gasteiger charge is -2.30. The summed E-state index contributed by atoms with van der Waals surface area (Å²) in [4.78, 5) is 0. The molecule has 1 N–H and O–H groups in total. The minimum atomic E-state index is 0.514. The Morgan fingerprint density at radius 2 is 1.90 bits per heavy atom. The largest absolute Gasteiger partial charge is 0.494 e. The summed E-state index contributed by atoms with van der Waals surface area (Å²) in [6, 6.07) is 9.22. The van der Waals surface area contributed by atoms with E-state index >= 15 is 0 Å². The molecule has 20 heavy (non-hydrogen) atoms. The van der Waals surface area contributed by atoms with Crippen LogP contribution in [0.2, 0.25) is 0 Å². The lowest BCUT2D eigenvalue weighted by molar-refractivity contribution is 0.261. The van der Waals surface area contributed by atoms with Crippen molar-refractivity contribution in [1.82, 2.24) is 5.32 Å². The van der Waals surface area contributed by atoms with Crippen molar-refractivity contribution in [2.45, 2.75) is 58.4 Å². The van der Waals surface area contributed by atoms with Crippen LogP contribution in [0.4, 0.5) is 0 Å². The van der Waals surface area contributed by atoms with Gasteiger partial charge in [-0.25, -0.2) is 0 Å². The first-order chi connectivity index (χ1) is 9.83. The highest BCUT2D eigenvalue weighted by molar-refractivity contribution is 5.29. The normalized spacial score (nSPS) is 16.7. The number of ether oxygens (including phenoxy) is 1. The third kappa shape index (κ3) is 4.52. The van der Waals surface area contributed by atoms with Crippen LogP contribution < -0.4 is 10.1 Å². The summed E-state index contributed by atoms with van der Waals surface area (Å²) in [5.74, 6) is 1.92. The molecule has 2 nitrogen and oxygen atoms in total. The fraction of sp³-hybridized carbons (Fsp3) is 0.667. The molecule has 1 unspecified atom stereocenters. The van der Waals surface area contributed by atoms with Gasteiger partial charge in [0.15, 0.2) is 0 Å². The maximum absolute atomic E-state index is 5.66. The van der Waals surface area contributed by atoms with Crippen LogP contribution in [0.1, 0.15) is 64.0 Å². The topological polar surface area (TPSA) is 21.3 Å². The molecular formula is C18H29NO. The van der Waals surface area contributed by atoms with Crippen molar-refractivity contribution in [3.63, 3.8) is 0 Å². The third-order valence-electron chi connectivity index (χ3n) is 4.19. The second kappa shape index (κ2) is 8.31. The van der Waals surface area contributed by atoms with Crippen LogP contribution in [0.3, 0.4) is 0 Å². The van der Waals surface area contributed by atoms with Gasteiger partial charge in [0.05, 0.1) is 6.61 Å². The van der Waals surface area contributed by atoms with Gasteiger partial charge in [0.2, 0.25) is 0 Å². The Kier molecular flexibility index (Phi) is 6.38. The van der Waals surface area contributed by atoms with Crippen molar-refractivity contribution < 1.29 is 4.74 Å². The second-order valence-corrected chi connectivity index (χ2v) is 5.96. The molecule has 1 fully saturated rings. The van der Waals surface area contributed by atoms with Gasteiger partial charge in [-0.3, -0.25) is 0 Å². The van der Waals surface area contributed by atoms with E-state index in [2.05, 4.69) is 43.4 Å². The summed E-state index contributed by atoms with van der Waals surface area (Å²) in [5.41, 5.74) is 1.41. The summed E-state index contributed by atoms with van der Waals surface area (Å²) in [5, 5.41) is 3.71. The third-order valence-corrected chi connectivity index (χ3v) is 4.19. The molecule has 0 aromatic heterocycles. The molecule has 0 radical (unpaired) electrons. The summed E-state index contributed by atoms with van der Waals surface area (Å²) in [6.07, 6.45) is 7.80. The van der Waals surface area contributed by atoms with E-state index in [1.54, 1.807) is 0 Å². The van der Waals surface area contributed by atoms with E-state index in [4.69, 9.17) is 4.74 Å². The maximum Gasteiger partial charge on any atom is 0.119 e. The van der Waals surface area contributed by atoms with Gasteiger partial charge in [-0.05, 0) is 49.4 Å². The molecule has 2 heteroatoms. The van der Waals surface area contributed by atoms with Crippen LogP contribution in [0, 0.1) is 5.92 Å². The lowest BCUT2D eigenvalue weighted by Crippen LogP contribution is -2.26. The van der Waals surface area contributed by atoms with Crippen molar-refractivity contribution in [3.8, 4) is 5.75 Å². The predicted octanol–water partition coefficient (Wildman–Crippen LogP) is 4.71. The second-order valence-electron chi connectivity index (χ2n) is 5.96. The van der Waals surface area contributed by atoms with Gasteiger partial charge in [0, 0.05) is 6.04 Å². The average molecular weight is 275 g/mol. The average Bonchev–Trinajstić information content (AvgIpc) is 2.44. The first kappa shape index (κ1) is 15.4. The number of nitrogens with one attached hydrogen (secondary N) is 1. The minimum absolute atomic E-state index is 0.514. The van der Waals surface area contributed by atoms with E-state index in [0.29, 0.717) is 6.04 Å². The molecule has 1 atom stereocenters. The molecule has 1 aliphatic rings. The summed E-state index contributed by atoms with van der Waals surface area (Å²) >= 11 is 0. The van der Waals surface area contributed by atoms with Crippen LogP contribution in [-0.2, 0) is 0 Å². The molecule has 1 saturated carbocycles. The first-order valence-corrected chi connectivity index (χ1v) is 8.29. The van der Waals surface area contributed by atoms with Gasteiger partial charge in [0.1, 0.15) is 5.75 Å². The van der Waals surface area contributed by atoms with E-state index in [9.17, 15) is 0 Å². The van der Waals surface area contributed by atoms with Crippen LogP contribution in [0.5, 0.6) is 5.75 Å². The fourth-order valence-electron chi connectivity index (χ4n) is 2.73. The van der Waals surface area contributed by atoms with Crippen LogP contribution in [0.15, 0.2) is 24.3 Å². The molecule has 0 saturated heterocycles. The number of hydrogen-bond acceptors (Lipinski definition) is 2. The Bertz CT molecular complexity index is 370. The molecule has 1 aliphatic carbocycles. The summed E-state index contributed by atoms with van der Waals surface area (Å²) < 4.78 is 5.66. The first-order valence-electron chi connectivity index (χ1n) is 8.29. The SMILES string of the molecule is CCCNC(CC1CCC1)c1ccc(OCCC)cc1. The zero-order valence-corrected chi connectivity index (χ0v) is 13.0. The van der Waals surface area contributed by atoms with Crippen molar-refractivity contribution in [1.29, 1.82) is 0 Å². The van der Waals surface area contributed by atoms with Crippen molar-refractivity contribution in [2.75, 3.05) is 13.2 Å².